The van der Waals surface area contributed by atoms with E-state index in [4.69, 9.17) is 0 Å². The van der Waals surface area contributed by atoms with Gasteiger partial charge in [0.1, 0.15) is 0 Å². The summed E-state index contributed by atoms with van der Waals surface area (Å²) in [7, 11) is -2.71. The Balaban J connectivity index is 1.13. The van der Waals surface area contributed by atoms with Gasteiger partial charge in [0.2, 0.25) is 0 Å². The average Bonchev–Trinajstić information content (AvgIpc) is 3.81. The number of aromatic nitrogens is 2. The summed E-state index contributed by atoms with van der Waals surface area (Å²) < 4.78 is 5.01. The zero-order chi connectivity index (χ0) is 37.8. The molecule has 0 N–H and O–H groups in total. The summed E-state index contributed by atoms with van der Waals surface area (Å²) in [5.74, 6) is 0.630. The number of hydrogen-bond acceptors (Lipinski definition) is 0. The standard InChI is InChI=1S/C54H44N2Si/c1-5-19-39(20-6-1)46-31-18-34-53-54(46)48-30-14-16-33-51(48)56(53)41-35-36-52-49(38-41)47-29-13-15-32-50(47)55(52)40-21-17-28-45(37-40)57(42-22-7-2-8-23-42,43-24-9-3-10-25-43)44-26-11-4-12-27-44/h2-4,7-18,21-39H,1,5-6,19-20H2. The highest BCUT2D eigenvalue weighted by Crippen LogP contribution is 2.42. The highest BCUT2D eigenvalue weighted by atomic mass is 28.3. The first kappa shape index (κ1) is 33.9. The quantitative estimate of drug-likeness (QED) is 0.113. The van der Waals surface area contributed by atoms with E-state index in [2.05, 4.69) is 209 Å². The number of nitrogens with zero attached hydrogens (tertiary/aromatic N) is 2. The highest BCUT2D eigenvalue weighted by Gasteiger charge is 2.41. The van der Waals surface area contributed by atoms with E-state index < -0.39 is 8.07 Å². The molecule has 0 atom stereocenters. The van der Waals surface area contributed by atoms with Crippen molar-refractivity contribution in [3.63, 3.8) is 0 Å². The lowest BCUT2D eigenvalue weighted by atomic mass is 9.82. The lowest BCUT2D eigenvalue weighted by Crippen LogP contribution is -2.74. The van der Waals surface area contributed by atoms with Gasteiger partial charge in [-0.05, 0) is 93.6 Å². The summed E-state index contributed by atoms with van der Waals surface area (Å²) in [6.07, 6.45) is 6.60. The lowest BCUT2D eigenvalue weighted by Gasteiger charge is -2.34. The van der Waals surface area contributed by atoms with Gasteiger partial charge in [0, 0.05) is 32.9 Å². The second kappa shape index (κ2) is 13.9. The van der Waals surface area contributed by atoms with E-state index in [1.807, 2.05) is 0 Å². The molecule has 2 nitrogen and oxygen atoms in total. The molecule has 1 aliphatic rings. The number of benzene rings is 8. The second-order valence-corrected chi connectivity index (χ2v) is 19.7. The van der Waals surface area contributed by atoms with E-state index in [0.717, 1.165) is 0 Å². The summed E-state index contributed by atoms with van der Waals surface area (Å²) >= 11 is 0. The molecule has 0 amide bonds. The monoisotopic (exact) mass is 748 g/mol. The lowest BCUT2D eigenvalue weighted by molar-refractivity contribution is 0.445. The molecule has 57 heavy (non-hydrogen) atoms. The second-order valence-electron chi connectivity index (χ2n) is 15.9. The SMILES string of the molecule is c1ccc([Si](c2ccccc2)(c2ccccc2)c2cccc(-n3c4ccccc4c4cc(-n5c6ccccc6c6c(C7CCCCC7)cccc65)ccc43)c2)cc1. The maximum absolute atomic E-state index is 2.71. The summed E-state index contributed by atoms with van der Waals surface area (Å²) in [5, 5.41) is 10.8. The Kier molecular flexibility index (Phi) is 8.29. The van der Waals surface area contributed by atoms with Crippen molar-refractivity contribution in [2.75, 3.05) is 0 Å². The molecule has 2 aromatic heterocycles. The van der Waals surface area contributed by atoms with Gasteiger partial charge in [0.25, 0.3) is 0 Å². The minimum atomic E-state index is -2.71. The molecule has 0 spiro atoms. The fraction of sp³-hybridized carbons (Fsp3) is 0.111. The van der Waals surface area contributed by atoms with Gasteiger partial charge in [-0.2, -0.15) is 0 Å². The van der Waals surface area contributed by atoms with Crippen molar-refractivity contribution in [2.45, 2.75) is 38.0 Å². The molecule has 0 saturated heterocycles. The molecule has 0 aliphatic heterocycles. The van der Waals surface area contributed by atoms with Crippen LogP contribution in [0.2, 0.25) is 0 Å². The largest absolute Gasteiger partial charge is 0.309 e. The number of para-hydroxylation sites is 2. The maximum Gasteiger partial charge on any atom is 0.179 e. The van der Waals surface area contributed by atoms with Crippen LogP contribution in [-0.4, -0.2) is 17.2 Å². The molecule has 11 rings (SSSR count). The van der Waals surface area contributed by atoms with Crippen molar-refractivity contribution in [1.29, 1.82) is 0 Å². The van der Waals surface area contributed by atoms with Crippen LogP contribution in [0.25, 0.3) is 55.0 Å². The molecule has 0 unspecified atom stereocenters. The molecule has 3 heteroatoms. The molecule has 8 aromatic carbocycles. The zero-order valence-electron chi connectivity index (χ0n) is 32.1. The zero-order valence-corrected chi connectivity index (χ0v) is 33.1. The van der Waals surface area contributed by atoms with Crippen molar-refractivity contribution in [2.24, 2.45) is 0 Å². The predicted octanol–water partition coefficient (Wildman–Crippen LogP) is 11.3. The fourth-order valence-corrected chi connectivity index (χ4v) is 15.2. The van der Waals surface area contributed by atoms with E-state index >= 15 is 0 Å². The van der Waals surface area contributed by atoms with E-state index in [0.29, 0.717) is 5.92 Å². The maximum atomic E-state index is 2.52. The van der Waals surface area contributed by atoms with Gasteiger partial charge in [0.15, 0.2) is 8.07 Å². The first-order valence-corrected chi connectivity index (χ1v) is 22.6. The molecule has 0 bridgehead atoms. The molecule has 1 aliphatic carbocycles. The van der Waals surface area contributed by atoms with E-state index in [-0.39, 0.29) is 0 Å². The summed E-state index contributed by atoms with van der Waals surface area (Å²) in [5.41, 5.74) is 8.92. The first-order chi connectivity index (χ1) is 28.3. The van der Waals surface area contributed by atoms with Crippen LogP contribution < -0.4 is 20.7 Å². The first-order valence-electron chi connectivity index (χ1n) is 20.6. The van der Waals surface area contributed by atoms with E-state index in [1.165, 1.54) is 113 Å². The Labute approximate surface area is 335 Å². The molecule has 1 fully saturated rings. The fourth-order valence-electron chi connectivity index (χ4n) is 10.4. The van der Waals surface area contributed by atoms with Gasteiger partial charge in [0.05, 0.1) is 22.1 Å². The highest BCUT2D eigenvalue weighted by molar-refractivity contribution is 7.19. The summed E-state index contributed by atoms with van der Waals surface area (Å²) in [6.45, 7) is 0. The Hall–Kier alpha value is -6.42. The van der Waals surface area contributed by atoms with Crippen molar-refractivity contribution in [3.8, 4) is 11.4 Å². The molecule has 274 valence electrons. The van der Waals surface area contributed by atoms with Gasteiger partial charge in [-0.1, -0.05) is 171 Å². The molecular weight excluding hydrogens is 705 g/mol. The van der Waals surface area contributed by atoms with Gasteiger partial charge in [-0.15, -0.1) is 0 Å². The minimum Gasteiger partial charge on any atom is -0.309 e. The number of hydrogen-bond donors (Lipinski definition) is 0. The van der Waals surface area contributed by atoms with Crippen LogP contribution in [0.5, 0.6) is 0 Å². The molecule has 1 saturated carbocycles. The van der Waals surface area contributed by atoms with Crippen LogP contribution in [0.15, 0.2) is 200 Å². The number of rotatable bonds is 7. The molecule has 0 radical (unpaired) electrons. The van der Waals surface area contributed by atoms with E-state index in [9.17, 15) is 0 Å². The third-order valence-corrected chi connectivity index (χ3v) is 17.6. The molecule has 2 heterocycles. The topological polar surface area (TPSA) is 9.86 Å². The number of fused-ring (bicyclic) bond motifs is 6. The smallest absolute Gasteiger partial charge is 0.179 e. The molecular formula is C54H44N2Si. The summed E-state index contributed by atoms with van der Waals surface area (Å²) in [4.78, 5) is 0. The van der Waals surface area contributed by atoms with Crippen molar-refractivity contribution in [3.05, 3.63) is 206 Å². The Bertz CT molecular complexity index is 2950. The van der Waals surface area contributed by atoms with Crippen LogP contribution in [0, 0.1) is 0 Å². The van der Waals surface area contributed by atoms with Crippen molar-refractivity contribution in [1.82, 2.24) is 9.13 Å². The van der Waals surface area contributed by atoms with Gasteiger partial charge in [-0.25, -0.2) is 0 Å². The normalized spacial score (nSPS) is 13.9. The minimum absolute atomic E-state index is 0.630. The predicted molar refractivity (Wildman–Crippen MR) is 245 cm³/mol. The van der Waals surface area contributed by atoms with Gasteiger partial charge in [-0.3, -0.25) is 0 Å². The molecule has 10 aromatic rings. The summed E-state index contributed by atoms with van der Waals surface area (Å²) in [6, 6.07) is 75.3. The van der Waals surface area contributed by atoms with Crippen LogP contribution in [-0.2, 0) is 0 Å². The van der Waals surface area contributed by atoms with Crippen LogP contribution in [0.4, 0.5) is 0 Å². The van der Waals surface area contributed by atoms with E-state index in [1.54, 1.807) is 0 Å². The Morgan fingerprint density at radius 2 is 0.842 bits per heavy atom. The third kappa shape index (κ3) is 5.37. The third-order valence-electron chi connectivity index (χ3n) is 12.8. The van der Waals surface area contributed by atoms with Crippen molar-refractivity contribution >= 4 is 72.4 Å². The van der Waals surface area contributed by atoms with Crippen LogP contribution >= 0.6 is 0 Å². The van der Waals surface area contributed by atoms with Crippen LogP contribution in [0.3, 0.4) is 0 Å². The van der Waals surface area contributed by atoms with Gasteiger partial charge < -0.3 is 9.13 Å². The Morgan fingerprint density at radius 3 is 1.51 bits per heavy atom. The van der Waals surface area contributed by atoms with Gasteiger partial charge >= 0.3 is 0 Å². The average molecular weight is 749 g/mol. The van der Waals surface area contributed by atoms with Crippen molar-refractivity contribution < 1.29 is 0 Å². The Morgan fingerprint density at radius 1 is 0.351 bits per heavy atom. The van der Waals surface area contributed by atoms with Crippen LogP contribution in [0.1, 0.15) is 43.6 Å².